The molecule has 0 heterocycles. The molecule has 4 nitrogen and oxygen atoms in total. The van der Waals surface area contributed by atoms with Crippen LogP contribution in [0, 0.1) is 0 Å². The lowest BCUT2D eigenvalue weighted by molar-refractivity contribution is -0.122. The topological polar surface area (TPSA) is 58.2 Å². The van der Waals surface area contributed by atoms with Gasteiger partial charge in [-0.05, 0) is 77.6 Å². The van der Waals surface area contributed by atoms with Gasteiger partial charge in [0.15, 0.2) is 0 Å². The van der Waals surface area contributed by atoms with Gasteiger partial charge in [-0.2, -0.15) is 0 Å². The summed E-state index contributed by atoms with van der Waals surface area (Å²) in [6.07, 6.45) is 35.4. The van der Waals surface area contributed by atoms with E-state index in [4.69, 9.17) is 0 Å². The number of rotatable bonds is 28. The van der Waals surface area contributed by atoms with Crippen LogP contribution >= 0.6 is 0 Å². The normalized spacial score (nSPS) is 12.4. The molecule has 0 radical (unpaired) electrons. The van der Waals surface area contributed by atoms with E-state index >= 15 is 0 Å². The first-order valence-corrected chi connectivity index (χ1v) is 16.5. The number of carbonyl (C=O) groups excluding carboxylic acids is 2. The van der Waals surface area contributed by atoms with Crippen LogP contribution in [0.4, 0.5) is 0 Å². The second-order valence-electron chi connectivity index (χ2n) is 11.2. The molecular formula is C34H64N2O2. The third-order valence-corrected chi connectivity index (χ3v) is 7.12. The smallest absolute Gasteiger partial charge is 0.220 e. The number of hydrogen-bond acceptors (Lipinski definition) is 2. The van der Waals surface area contributed by atoms with E-state index in [9.17, 15) is 9.59 Å². The van der Waals surface area contributed by atoms with Gasteiger partial charge in [-0.25, -0.2) is 0 Å². The highest BCUT2D eigenvalue weighted by atomic mass is 16.2. The van der Waals surface area contributed by atoms with Gasteiger partial charge in [-0.15, -0.1) is 0 Å². The molecule has 0 rings (SSSR count). The quantitative estimate of drug-likeness (QED) is 0.0778. The summed E-state index contributed by atoms with van der Waals surface area (Å²) in [6.45, 7) is 7.31. The number of amides is 2. The molecule has 2 N–H and O–H groups in total. The number of allylic oxidation sites excluding steroid dienone is 4. The maximum absolute atomic E-state index is 12.2. The predicted octanol–water partition coefficient (Wildman–Crippen LogP) is 9.73. The van der Waals surface area contributed by atoms with E-state index in [1.165, 1.54) is 89.9 Å². The minimum Gasteiger partial charge on any atom is -0.356 e. The molecule has 0 aliphatic carbocycles. The fourth-order valence-corrected chi connectivity index (χ4v) is 4.58. The fourth-order valence-electron chi connectivity index (χ4n) is 4.58. The van der Waals surface area contributed by atoms with E-state index in [0.29, 0.717) is 12.8 Å². The lowest BCUT2D eigenvalue weighted by atomic mass is 10.1. The average molecular weight is 533 g/mol. The summed E-state index contributed by atoms with van der Waals surface area (Å²) in [5.74, 6) is 0.377. The Balaban J connectivity index is 3.45. The zero-order valence-corrected chi connectivity index (χ0v) is 25.7. The van der Waals surface area contributed by atoms with Crippen LogP contribution in [-0.4, -0.2) is 24.4 Å². The molecule has 2 amide bonds. The fraction of sp³-hybridized carbons (Fsp3) is 0.824. The molecule has 0 unspecified atom stereocenters. The third kappa shape index (κ3) is 29.0. The van der Waals surface area contributed by atoms with E-state index < -0.39 is 0 Å². The number of hydrogen-bond donors (Lipinski definition) is 2. The van der Waals surface area contributed by atoms with Crippen LogP contribution in [0.3, 0.4) is 0 Å². The van der Waals surface area contributed by atoms with Gasteiger partial charge in [-0.1, -0.05) is 102 Å². The van der Waals surface area contributed by atoms with E-state index in [1.54, 1.807) is 0 Å². The summed E-state index contributed by atoms with van der Waals surface area (Å²) >= 11 is 0. The van der Waals surface area contributed by atoms with E-state index in [-0.39, 0.29) is 17.9 Å². The maximum Gasteiger partial charge on any atom is 0.220 e. The number of nitrogens with one attached hydrogen (secondary N) is 2. The Morgan fingerprint density at radius 3 is 1.53 bits per heavy atom. The van der Waals surface area contributed by atoms with Gasteiger partial charge in [0.2, 0.25) is 11.8 Å². The Bertz CT molecular complexity index is 585. The Morgan fingerprint density at radius 2 is 1.00 bits per heavy atom. The van der Waals surface area contributed by atoms with Crippen molar-refractivity contribution < 1.29 is 9.59 Å². The Kier molecular flexibility index (Phi) is 28.7. The van der Waals surface area contributed by atoms with Crippen molar-refractivity contribution in [2.75, 3.05) is 6.54 Å². The molecule has 0 spiro atoms. The van der Waals surface area contributed by atoms with Gasteiger partial charge in [0, 0.05) is 25.4 Å². The lowest BCUT2D eigenvalue weighted by Gasteiger charge is -2.14. The molecule has 0 aromatic heterocycles. The van der Waals surface area contributed by atoms with Crippen molar-refractivity contribution in [1.29, 1.82) is 0 Å². The molecule has 1 atom stereocenters. The van der Waals surface area contributed by atoms with Crippen molar-refractivity contribution in [3.8, 4) is 0 Å². The molecule has 0 aliphatic rings. The van der Waals surface area contributed by atoms with Crippen LogP contribution in [0.25, 0.3) is 0 Å². The van der Waals surface area contributed by atoms with Crippen LogP contribution in [0.1, 0.15) is 168 Å². The summed E-state index contributed by atoms with van der Waals surface area (Å²) in [7, 11) is 0. The molecule has 0 saturated carbocycles. The van der Waals surface area contributed by atoms with Crippen LogP contribution < -0.4 is 10.6 Å². The first-order chi connectivity index (χ1) is 18.6. The summed E-state index contributed by atoms with van der Waals surface area (Å²) in [6, 6.07) is 0.213. The maximum atomic E-state index is 12.2. The summed E-state index contributed by atoms with van der Waals surface area (Å²) in [4.78, 5) is 24.2. The van der Waals surface area contributed by atoms with Crippen LogP contribution in [-0.2, 0) is 9.59 Å². The van der Waals surface area contributed by atoms with Crippen molar-refractivity contribution in [3.05, 3.63) is 24.3 Å². The highest BCUT2D eigenvalue weighted by molar-refractivity contribution is 5.76. The minimum absolute atomic E-state index is 0.188. The standard InChI is InChI=1S/C34H64N2O2/c1-4-6-8-10-12-14-16-18-20-22-24-29-33(37)35-31-27-26-28-32(3)36-34(38)30-25-23-21-19-17-15-13-11-9-7-5-2/h10-13,32H,4-9,14-31H2,1-3H3,(H,35,37)(H,36,38)/b12-10-,13-11-/t32-/m1/s1. The summed E-state index contributed by atoms with van der Waals surface area (Å²) in [5.41, 5.74) is 0. The summed E-state index contributed by atoms with van der Waals surface area (Å²) < 4.78 is 0. The van der Waals surface area contributed by atoms with E-state index in [1.807, 2.05) is 0 Å². The monoisotopic (exact) mass is 532 g/mol. The van der Waals surface area contributed by atoms with Gasteiger partial charge in [-0.3, -0.25) is 9.59 Å². The largest absolute Gasteiger partial charge is 0.356 e. The van der Waals surface area contributed by atoms with Gasteiger partial charge in [0.05, 0.1) is 0 Å². The molecule has 0 aromatic carbocycles. The Hall–Kier alpha value is -1.58. The van der Waals surface area contributed by atoms with Gasteiger partial charge in [0.1, 0.15) is 0 Å². The number of unbranched alkanes of at least 4 members (excludes halogenated alkanes) is 15. The van der Waals surface area contributed by atoms with E-state index in [0.717, 1.165) is 51.5 Å². The molecule has 0 aromatic rings. The minimum atomic E-state index is 0.188. The number of carbonyl (C=O) groups is 2. The zero-order valence-electron chi connectivity index (χ0n) is 25.7. The van der Waals surface area contributed by atoms with Gasteiger partial charge < -0.3 is 10.6 Å². The van der Waals surface area contributed by atoms with Crippen molar-refractivity contribution >= 4 is 11.8 Å². The molecule has 0 bridgehead atoms. The Labute approximate surface area is 237 Å². The molecule has 4 heteroatoms. The molecule has 38 heavy (non-hydrogen) atoms. The Morgan fingerprint density at radius 1 is 0.553 bits per heavy atom. The molecule has 0 aliphatic heterocycles. The highest BCUT2D eigenvalue weighted by Gasteiger charge is 2.07. The van der Waals surface area contributed by atoms with Gasteiger partial charge >= 0.3 is 0 Å². The van der Waals surface area contributed by atoms with Crippen molar-refractivity contribution in [1.82, 2.24) is 10.6 Å². The molecule has 0 saturated heterocycles. The second-order valence-corrected chi connectivity index (χ2v) is 11.2. The molecular weight excluding hydrogens is 468 g/mol. The predicted molar refractivity (Wildman–Crippen MR) is 166 cm³/mol. The van der Waals surface area contributed by atoms with Crippen LogP contribution in [0.5, 0.6) is 0 Å². The van der Waals surface area contributed by atoms with Crippen molar-refractivity contribution in [2.24, 2.45) is 0 Å². The molecule has 222 valence electrons. The highest BCUT2D eigenvalue weighted by Crippen LogP contribution is 2.10. The SMILES string of the molecule is CCCC/C=C\CCCCCCCC(=O)NCCCC[C@@H](C)NC(=O)CCCCCCC/C=C\CCCC. The van der Waals surface area contributed by atoms with Crippen LogP contribution in [0.2, 0.25) is 0 Å². The van der Waals surface area contributed by atoms with Gasteiger partial charge in [0.25, 0.3) is 0 Å². The first-order valence-electron chi connectivity index (χ1n) is 16.5. The molecule has 0 fully saturated rings. The second kappa shape index (κ2) is 30.0. The lowest BCUT2D eigenvalue weighted by Crippen LogP contribution is -2.32. The van der Waals surface area contributed by atoms with Crippen LogP contribution in [0.15, 0.2) is 24.3 Å². The van der Waals surface area contributed by atoms with Crippen molar-refractivity contribution in [2.45, 2.75) is 174 Å². The average Bonchev–Trinajstić information content (AvgIpc) is 2.90. The van der Waals surface area contributed by atoms with E-state index in [2.05, 4.69) is 55.7 Å². The van der Waals surface area contributed by atoms with Crippen molar-refractivity contribution in [3.63, 3.8) is 0 Å². The third-order valence-electron chi connectivity index (χ3n) is 7.12. The zero-order chi connectivity index (χ0) is 27.9. The summed E-state index contributed by atoms with van der Waals surface area (Å²) in [5, 5.41) is 6.20. The first kappa shape index (κ1) is 36.4.